The van der Waals surface area contributed by atoms with Gasteiger partial charge in [-0.05, 0) is 46.5 Å². The molecule has 0 saturated heterocycles. The van der Waals surface area contributed by atoms with E-state index in [1.54, 1.807) is 7.11 Å². The molecule has 3 N–H and O–H groups in total. The summed E-state index contributed by atoms with van der Waals surface area (Å²) in [6.07, 6.45) is 1.57. The van der Waals surface area contributed by atoms with Gasteiger partial charge in [0.05, 0.1) is 17.1 Å². The van der Waals surface area contributed by atoms with Gasteiger partial charge in [0.1, 0.15) is 5.75 Å². The third-order valence-electron chi connectivity index (χ3n) is 2.91. The Morgan fingerprint density at radius 1 is 1.56 bits per heavy atom. The number of rotatable bonds is 4. The van der Waals surface area contributed by atoms with Crippen molar-refractivity contribution in [1.29, 1.82) is 0 Å². The molecule has 0 heterocycles. The highest BCUT2D eigenvalue weighted by atomic mass is 79.9. The van der Waals surface area contributed by atoms with E-state index in [1.807, 2.05) is 18.2 Å². The first-order chi connectivity index (χ1) is 8.05. The molecule has 6 heteroatoms. The van der Waals surface area contributed by atoms with Crippen molar-refractivity contribution in [3.05, 3.63) is 28.2 Å². The summed E-state index contributed by atoms with van der Waals surface area (Å²) in [6.45, 7) is 0.486. The number of carbonyl (C=O) groups is 1. The quantitative estimate of drug-likeness (QED) is 0.884. The van der Waals surface area contributed by atoms with Gasteiger partial charge in [0, 0.05) is 6.54 Å². The largest absolute Gasteiger partial charge is 0.496 e. The summed E-state index contributed by atoms with van der Waals surface area (Å²) in [7, 11) is 1.62. The van der Waals surface area contributed by atoms with Crippen molar-refractivity contribution in [2.45, 2.75) is 24.9 Å². The molecule has 1 amide bonds. The topological polar surface area (TPSA) is 64.3 Å². The fourth-order valence-electron chi connectivity index (χ4n) is 1.54. The summed E-state index contributed by atoms with van der Waals surface area (Å²) in [6, 6.07) is 5.70. The van der Waals surface area contributed by atoms with Crippen LogP contribution in [0.25, 0.3) is 0 Å². The van der Waals surface area contributed by atoms with Crippen LogP contribution in [-0.2, 0) is 11.3 Å². The molecule has 0 atom stereocenters. The van der Waals surface area contributed by atoms with Crippen LogP contribution in [0.5, 0.6) is 5.75 Å². The van der Waals surface area contributed by atoms with E-state index in [2.05, 4.69) is 21.2 Å². The van der Waals surface area contributed by atoms with E-state index in [0.717, 1.165) is 28.6 Å². The van der Waals surface area contributed by atoms with Gasteiger partial charge in [-0.1, -0.05) is 6.07 Å². The summed E-state index contributed by atoms with van der Waals surface area (Å²) in [4.78, 5) is 11.6. The lowest BCUT2D eigenvalue weighted by Crippen LogP contribution is -2.42. The summed E-state index contributed by atoms with van der Waals surface area (Å²) >= 11 is 3.40. The van der Waals surface area contributed by atoms with Crippen LogP contribution in [-0.4, -0.2) is 18.6 Å². The Hall–Kier alpha value is -0.780. The average Bonchev–Trinajstić information content (AvgIpc) is 3.06. The van der Waals surface area contributed by atoms with Crippen LogP contribution in [0.1, 0.15) is 18.4 Å². The molecule has 1 aliphatic rings. The van der Waals surface area contributed by atoms with Crippen LogP contribution in [0.15, 0.2) is 22.7 Å². The molecule has 0 bridgehead atoms. The van der Waals surface area contributed by atoms with Crippen LogP contribution in [0, 0.1) is 0 Å². The van der Waals surface area contributed by atoms with Gasteiger partial charge in [0.15, 0.2) is 0 Å². The zero-order valence-corrected chi connectivity index (χ0v) is 12.4. The molecule has 1 fully saturated rings. The Balaban J connectivity index is 0.00000162. The lowest BCUT2D eigenvalue weighted by molar-refractivity contribution is -0.123. The summed E-state index contributed by atoms with van der Waals surface area (Å²) in [5, 5.41) is 2.84. The summed E-state index contributed by atoms with van der Waals surface area (Å²) in [5.74, 6) is 0.710. The zero-order valence-electron chi connectivity index (χ0n) is 10.0. The average molecular weight is 336 g/mol. The predicted octanol–water partition coefficient (Wildman–Crippen LogP) is 1.99. The van der Waals surface area contributed by atoms with E-state index in [0.29, 0.717) is 6.54 Å². The van der Waals surface area contributed by atoms with Crippen molar-refractivity contribution in [2.24, 2.45) is 5.73 Å². The van der Waals surface area contributed by atoms with Crippen LogP contribution >= 0.6 is 28.3 Å². The third-order valence-corrected chi connectivity index (χ3v) is 3.53. The van der Waals surface area contributed by atoms with E-state index >= 15 is 0 Å². The molecule has 1 aromatic carbocycles. The molecular weight excluding hydrogens is 320 g/mol. The van der Waals surface area contributed by atoms with Crippen LogP contribution in [0.3, 0.4) is 0 Å². The lowest BCUT2D eigenvalue weighted by Gasteiger charge is -2.11. The van der Waals surface area contributed by atoms with Gasteiger partial charge in [-0.3, -0.25) is 4.79 Å². The van der Waals surface area contributed by atoms with Crippen molar-refractivity contribution in [2.75, 3.05) is 7.11 Å². The number of carbonyl (C=O) groups excluding carboxylic acids is 1. The number of ether oxygens (including phenoxy) is 1. The number of benzene rings is 1. The predicted molar refractivity (Wildman–Crippen MR) is 75.9 cm³/mol. The Morgan fingerprint density at radius 2 is 2.22 bits per heavy atom. The number of hydrogen-bond donors (Lipinski definition) is 2. The molecule has 18 heavy (non-hydrogen) atoms. The molecule has 0 spiro atoms. The standard InChI is InChI=1S/C12H15BrN2O2.ClH/c1-17-10-3-2-8(6-9(10)13)7-15-11(16)12(14)4-5-12;/h2-3,6H,4-5,7,14H2,1H3,(H,15,16);1H. The first-order valence-corrected chi connectivity index (χ1v) is 6.24. The normalized spacial score (nSPS) is 15.5. The second-order valence-corrected chi connectivity index (χ2v) is 5.16. The molecule has 0 unspecified atom stereocenters. The zero-order chi connectivity index (χ0) is 12.5. The first kappa shape index (κ1) is 15.3. The number of halogens is 2. The Labute approximate surface area is 121 Å². The molecular formula is C12H16BrClN2O2. The summed E-state index contributed by atoms with van der Waals surface area (Å²) < 4.78 is 6.01. The maximum absolute atomic E-state index is 11.6. The van der Waals surface area contributed by atoms with Crippen molar-refractivity contribution >= 4 is 34.2 Å². The van der Waals surface area contributed by atoms with Crippen molar-refractivity contribution in [3.63, 3.8) is 0 Å². The van der Waals surface area contributed by atoms with E-state index in [9.17, 15) is 4.79 Å². The van der Waals surface area contributed by atoms with E-state index < -0.39 is 5.54 Å². The van der Waals surface area contributed by atoms with Gasteiger partial charge in [-0.2, -0.15) is 0 Å². The fourth-order valence-corrected chi connectivity index (χ4v) is 2.13. The molecule has 0 aliphatic heterocycles. The highest BCUT2D eigenvalue weighted by molar-refractivity contribution is 9.10. The summed E-state index contributed by atoms with van der Waals surface area (Å²) in [5.41, 5.74) is 6.19. The Bertz CT molecular complexity index is 450. The van der Waals surface area contributed by atoms with Crippen LogP contribution in [0.4, 0.5) is 0 Å². The molecule has 1 aromatic rings. The second kappa shape index (κ2) is 5.91. The maximum atomic E-state index is 11.6. The number of nitrogens with two attached hydrogens (primary N) is 1. The van der Waals surface area contributed by atoms with E-state index in [-0.39, 0.29) is 18.3 Å². The molecule has 1 aliphatic carbocycles. The number of hydrogen-bond acceptors (Lipinski definition) is 3. The minimum atomic E-state index is -0.607. The van der Waals surface area contributed by atoms with Gasteiger partial charge >= 0.3 is 0 Å². The Morgan fingerprint density at radius 3 is 2.72 bits per heavy atom. The number of amides is 1. The fraction of sp³-hybridized carbons (Fsp3) is 0.417. The number of nitrogens with one attached hydrogen (secondary N) is 1. The number of methoxy groups -OCH3 is 1. The van der Waals surface area contributed by atoms with Gasteiger partial charge in [-0.15, -0.1) is 12.4 Å². The minimum Gasteiger partial charge on any atom is -0.496 e. The maximum Gasteiger partial charge on any atom is 0.240 e. The molecule has 1 saturated carbocycles. The smallest absolute Gasteiger partial charge is 0.240 e. The Kier molecular flexibility index (Phi) is 5.01. The molecule has 4 nitrogen and oxygen atoms in total. The van der Waals surface area contributed by atoms with Crippen LogP contribution < -0.4 is 15.8 Å². The molecule has 0 radical (unpaired) electrons. The monoisotopic (exact) mass is 334 g/mol. The second-order valence-electron chi connectivity index (χ2n) is 4.31. The van der Waals surface area contributed by atoms with Gasteiger partial charge in [0.25, 0.3) is 0 Å². The highest BCUT2D eigenvalue weighted by Crippen LogP contribution is 2.32. The molecule has 0 aromatic heterocycles. The van der Waals surface area contributed by atoms with E-state index in [1.165, 1.54) is 0 Å². The minimum absolute atomic E-state index is 0. The van der Waals surface area contributed by atoms with E-state index in [4.69, 9.17) is 10.5 Å². The van der Waals surface area contributed by atoms with Crippen molar-refractivity contribution < 1.29 is 9.53 Å². The van der Waals surface area contributed by atoms with Crippen LogP contribution in [0.2, 0.25) is 0 Å². The third kappa shape index (κ3) is 3.37. The van der Waals surface area contributed by atoms with Gasteiger partial charge in [-0.25, -0.2) is 0 Å². The molecule has 100 valence electrons. The lowest BCUT2D eigenvalue weighted by atomic mass is 10.2. The van der Waals surface area contributed by atoms with Gasteiger partial charge < -0.3 is 15.8 Å². The SMILES string of the molecule is COc1ccc(CNC(=O)C2(N)CC2)cc1Br.Cl. The van der Waals surface area contributed by atoms with Crippen molar-refractivity contribution in [3.8, 4) is 5.75 Å². The highest BCUT2D eigenvalue weighted by Gasteiger charge is 2.45. The van der Waals surface area contributed by atoms with Gasteiger partial charge in [0.2, 0.25) is 5.91 Å². The molecule has 2 rings (SSSR count). The van der Waals surface area contributed by atoms with Crippen molar-refractivity contribution in [1.82, 2.24) is 5.32 Å². The first-order valence-electron chi connectivity index (χ1n) is 5.45.